The Balaban J connectivity index is 1.66. The second-order valence-corrected chi connectivity index (χ2v) is 8.67. The zero-order valence-corrected chi connectivity index (χ0v) is 20.2. The van der Waals surface area contributed by atoms with E-state index in [2.05, 4.69) is 64.8 Å². The Kier molecular flexibility index (Phi) is 7.62. The average molecular weight is 457 g/mol. The minimum Gasteiger partial charge on any atom is -0.297 e. The number of rotatable bonds is 10. The summed E-state index contributed by atoms with van der Waals surface area (Å²) in [4.78, 5) is 18.3. The van der Waals surface area contributed by atoms with Gasteiger partial charge in [-0.3, -0.25) is 9.36 Å². The van der Waals surface area contributed by atoms with Gasteiger partial charge in [0.1, 0.15) is 5.82 Å². The number of aryl methyl sites for hydroxylation is 2. The first-order valence-electron chi connectivity index (χ1n) is 12.1. The van der Waals surface area contributed by atoms with Crippen molar-refractivity contribution in [3.8, 4) is 22.5 Å². The molecule has 0 fully saturated rings. The van der Waals surface area contributed by atoms with Crippen LogP contribution in [0.15, 0.2) is 53.3 Å². The Morgan fingerprint density at radius 3 is 2.35 bits per heavy atom. The zero-order valence-electron chi connectivity index (χ0n) is 20.2. The molecule has 0 unspecified atom stereocenters. The minimum atomic E-state index is 0.110. The third kappa shape index (κ3) is 5.14. The second kappa shape index (κ2) is 11.0. The molecular weight excluding hydrogens is 424 g/mol. The number of H-pyrrole nitrogens is 1. The molecule has 0 bridgehead atoms. The van der Waals surface area contributed by atoms with Crippen LogP contribution in [0, 0.1) is 6.92 Å². The summed E-state index contributed by atoms with van der Waals surface area (Å²) in [5.41, 5.74) is 6.06. The molecule has 34 heavy (non-hydrogen) atoms. The fourth-order valence-corrected chi connectivity index (χ4v) is 4.29. The molecule has 0 aliphatic heterocycles. The molecule has 0 amide bonds. The topological polar surface area (TPSA) is 89.3 Å². The minimum absolute atomic E-state index is 0.110. The van der Waals surface area contributed by atoms with Gasteiger partial charge in [0, 0.05) is 24.1 Å². The van der Waals surface area contributed by atoms with Crippen LogP contribution in [0.2, 0.25) is 0 Å². The van der Waals surface area contributed by atoms with Gasteiger partial charge in [-0.2, -0.15) is 0 Å². The molecule has 0 saturated heterocycles. The SMILES string of the molecule is CCCCc1nc(C)n(CCCC)c(=O)c1Cc1ccc(-c2ccccc2-c2nnn[nH]2)cc1. The molecule has 0 atom stereocenters. The fourth-order valence-electron chi connectivity index (χ4n) is 4.29. The standard InChI is InChI=1S/C27H32N6O/c1-4-6-12-25-24(27(34)33(17-7-5-2)19(3)28-25)18-20-13-15-21(16-14-20)22-10-8-9-11-23(22)26-29-31-32-30-26/h8-11,13-16H,4-7,12,17-18H2,1-3H3,(H,29,30,31,32). The van der Waals surface area contributed by atoms with Crippen LogP contribution in [0.25, 0.3) is 22.5 Å². The van der Waals surface area contributed by atoms with Gasteiger partial charge in [-0.15, -0.1) is 5.10 Å². The maximum atomic E-state index is 13.4. The highest BCUT2D eigenvalue weighted by Crippen LogP contribution is 2.30. The summed E-state index contributed by atoms with van der Waals surface area (Å²) in [7, 11) is 0. The van der Waals surface area contributed by atoms with Crippen LogP contribution in [0.4, 0.5) is 0 Å². The van der Waals surface area contributed by atoms with Crippen molar-refractivity contribution in [2.45, 2.75) is 65.8 Å². The van der Waals surface area contributed by atoms with Gasteiger partial charge in [-0.05, 0) is 53.3 Å². The van der Waals surface area contributed by atoms with Crippen molar-refractivity contribution in [3.63, 3.8) is 0 Å². The highest BCUT2D eigenvalue weighted by molar-refractivity contribution is 5.80. The van der Waals surface area contributed by atoms with E-state index < -0.39 is 0 Å². The second-order valence-electron chi connectivity index (χ2n) is 8.67. The van der Waals surface area contributed by atoms with Crippen LogP contribution in [0.1, 0.15) is 62.2 Å². The highest BCUT2D eigenvalue weighted by atomic mass is 16.1. The molecular formula is C27H32N6O. The molecule has 0 aliphatic carbocycles. The predicted molar refractivity (Wildman–Crippen MR) is 135 cm³/mol. The molecule has 7 heteroatoms. The highest BCUT2D eigenvalue weighted by Gasteiger charge is 2.16. The van der Waals surface area contributed by atoms with Crippen molar-refractivity contribution in [2.75, 3.05) is 0 Å². The molecule has 4 rings (SSSR count). The molecule has 0 spiro atoms. The molecule has 176 valence electrons. The van der Waals surface area contributed by atoms with E-state index in [4.69, 9.17) is 4.98 Å². The number of hydrogen-bond acceptors (Lipinski definition) is 5. The van der Waals surface area contributed by atoms with E-state index in [1.165, 1.54) is 0 Å². The maximum absolute atomic E-state index is 13.4. The summed E-state index contributed by atoms with van der Waals surface area (Å²) in [5, 5.41) is 14.3. The molecule has 0 saturated carbocycles. The first kappa shape index (κ1) is 23.5. The Hall–Kier alpha value is -3.61. The molecule has 0 aliphatic rings. The Morgan fingerprint density at radius 2 is 1.68 bits per heavy atom. The van der Waals surface area contributed by atoms with Crippen LogP contribution in [-0.2, 0) is 19.4 Å². The average Bonchev–Trinajstić information content (AvgIpc) is 3.40. The number of tetrazole rings is 1. The fraction of sp³-hybridized carbons (Fsp3) is 0.370. The van der Waals surface area contributed by atoms with Crippen molar-refractivity contribution in [1.29, 1.82) is 0 Å². The Morgan fingerprint density at radius 1 is 0.941 bits per heavy atom. The van der Waals surface area contributed by atoms with Crippen LogP contribution in [0.5, 0.6) is 0 Å². The van der Waals surface area contributed by atoms with Gasteiger partial charge in [-0.1, -0.05) is 75.2 Å². The van der Waals surface area contributed by atoms with Gasteiger partial charge in [0.15, 0.2) is 5.82 Å². The van der Waals surface area contributed by atoms with Crippen molar-refractivity contribution in [3.05, 3.63) is 81.5 Å². The van der Waals surface area contributed by atoms with E-state index >= 15 is 0 Å². The summed E-state index contributed by atoms with van der Waals surface area (Å²) < 4.78 is 1.85. The molecule has 2 heterocycles. The molecule has 1 N–H and O–H groups in total. The summed E-state index contributed by atoms with van der Waals surface area (Å²) in [5.74, 6) is 1.46. The lowest BCUT2D eigenvalue weighted by molar-refractivity contribution is 0.573. The summed E-state index contributed by atoms with van der Waals surface area (Å²) in [6.45, 7) is 6.98. The first-order chi connectivity index (χ1) is 16.6. The zero-order chi connectivity index (χ0) is 23.9. The van der Waals surface area contributed by atoms with E-state index in [0.29, 0.717) is 12.2 Å². The summed E-state index contributed by atoms with van der Waals surface area (Å²) in [6.07, 6.45) is 5.56. The molecule has 2 aromatic carbocycles. The number of unbranched alkanes of at least 4 members (excludes halogenated alkanes) is 2. The largest absolute Gasteiger partial charge is 0.297 e. The smallest absolute Gasteiger partial charge is 0.257 e. The number of benzene rings is 2. The van der Waals surface area contributed by atoms with Crippen LogP contribution < -0.4 is 5.56 Å². The Bertz CT molecular complexity index is 1280. The number of aromatic amines is 1. The molecule has 4 aromatic rings. The van der Waals surface area contributed by atoms with E-state index in [0.717, 1.165) is 78.0 Å². The third-order valence-corrected chi connectivity index (χ3v) is 6.21. The lowest BCUT2D eigenvalue weighted by Gasteiger charge is -2.15. The van der Waals surface area contributed by atoms with E-state index in [1.807, 2.05) is 29.7 Å². The molecule has 0 radical (unpaired) electrons. The van der Waals surface area contributed by atoms with Gasteiger partial charge < -0.3 is 0 Å². The Labute approximate surface area is 200 Å². The molecule has 2 aromatic heterocycles. The number of nitrogens with zero attached hydrogens (tertiary/aromatic N) is 5. The number of nitrogens with one attached hydrogen (secondary N) is 1. The normalized spacial score (nSPS) is 11.1. The first-order valence-corrected chi connectivity index (χ1v) is 12.1. The van der Waals surface area contributed by atoms with Crippen molar-refractivity contribution in [2.24, 2.45) is 0 Å². The lowest BCUT2D eigenvalue weighted by atomic mass is 9.96. The monoisotopic (exact) mass is 456 g/mol. The van der Waals surface area contributed by atoms with Crippen LogP contribution in [0.3, 0.4) is 0 Å². The van der Waals surface area contributed by atoms with Crippen molar-refractivity contribution >= 4 is 0 Å². The van der Waals surface area contributed by atoms with Gasteiger partial charge in [0.25, 0.3) is 5.56 Å². The van der Waals surface area contributed by atoms with Crippen LogP contribution >= 0.6 is 0 Å². The van der Waals surface area contributed by atoms with E-state index in [1.54, 1.807) is 0 Å². The van der Waals surface area contributed by atoms with Gasteiger partial charge in [-0.25, -0.2) is 10.1 Å². The maximum Gasteiger partial charge on any atom is 0.257 e. The third-order valence-electron chi connectivity index (χ3n) is 6.21. The van der Waals surface area contributed by atoms with Gasteiger partial charge in [0.2, 0.25) is 0 Å². The lowest BCUT2D eigenvalue weighted by Crippen LogP contribution is -2.29. The predicted octanol–water partition coefficient (Wildman–Crippen LogP) is 5.13. The quantitative estimate of drug-likeness (QED) is 0.357. The number of aromatic nitrogens is 6. The van der Waals surface area contributed by atoms with E-state index in [9.17, 15) is 4.79 Å². The summed E-state index contributed by atoms with van der Waals surface area (Å²) in [6, 6.07) is 16.4. The van der Waals surface area contributed by atoms with Crippen LogP contribution in [-0.4, -0.2) is 30.2 Å². The van der Waals surface area contributed by atoms with Crippen molar-refractivity contribution < 1.29 is 0 Å². The number of hydrogen-bond donors (Lipinski definition) is 1. The van der Waals surface area contributed by atoms with Crippen molar-refractivity contribution in [1.82, 2.24) is 30.2 Å². The van der Waals surface area contributed by atoms with Gasteiger partial charge >= 0.3 is 0 Å². The molecule has 7 nitrogen and oxygen atoms in total. The van der Waals surface area contributed by atoms with E-state index in [-0.39, 0.29) is 5.56 Å². The summed E-state index contributed by atoms with van der Waals surface area (Å²) >= 11 is 0. The van der Waals surface area contributed by atoms with Gasteiger partial charge in [0.05, 0.1) is 5.69 Å².